The smallest absolute Gasteiger partial charge is 0.146 e. The van der Waals surface area contributed by atoms with Crippen LogP contribution in [0.25, 0.3) is 0 Å². The highest BCUT2D eigenvalue weighted by atomic mass is 16.1. The van der Waals surface area contributed by atoms with Crippen molar-refractivity contribution in [3.05, 3.63) is 0 Å². The van der Waals surface area contributed by atoms with E-state index in [9.17, 15) is 19.2 Å². The van der Waals surface area contributed by atoms with E-state index in [0.29, 0.717) is 25.7 Å². The van der Waals surface area contributed by atoms with Crippen LogP contribution in [0.5, 0.6) is 0 Å². The fraction of sp³-hybridized carbons (Fsp3) is 0.714. The largest absolute Gasteiger partial charge is 0.324 e. The normalized spacial score (nSPS) is 10.5. The van der Waals surface area contributed by atoms with Gasteiger partial charge in [-0.25, -0.2) is 0 Å². The Morgan fingerprint density at radius 3 is 1.74 bits per heavy atom. The molecule has 0 fully saturated rings. The van der Waals surface area contributed by atoms with Crippen molar-refractivity contribution >= 4 is 23.1 Å². The summed E-state index contributed by atoms with van der Waals surface area (Å²) >= 11 is 0. The predicted octanol–water partition coefficient (Wildman–Crippen LogP) is 1.22. The highest BCUT2D eigenvalue weighted by molar-refractivity contribution is 5.87. The van der Waals surface area contributed by atoms with E-state index in [-0.39, 0.29) is 48.4 Å². The fourth-order valence-electron chi connectivity index (χ4n) is 1.96. The Kier molecular flexibility index (Phi) is 8.87. The summed E-state index contributed by atoms with van der Waals surface area (Å²) in [5.74, 6) is -0.158. The lowest BCUT2D eigenvalue weighted by molar-refractivity contribution is -0.124. The average Bonchev–Trinajstić information content (AvgIpc) is 2.31. The zero-order valence-corrected chi connectivity index (χ0v) is 11.7. The molecule has 0 aromatic heterocycles. The van der Waals surface area contributed by atoms with Gasteiger partial charge in [-0.15, -0.1) is 0 Å². The number of Topliss-reactive ketones (excluding diaryl/α,β-unsaturated/α-hetero) is 4. The second kappa shape index (κ2) is 9.55. The minimum absolute atomic E-state index is 0.0149. The molecule has 2 N–H and O–H groups in total. The van der Waals surface area contributed by atoms with Crippen molar-refractivity contribution in [1.82, 2.24) is 0 Å². The van der Waals surface area contributed by atoms with E-state index in [1.807, 2.05) is 0 Å². The minimum Gasteiger partial charge on any atom is -0.324 e. The second-order valence-electron chi connectivity index (χ2n) is 5.00. The maximum atomic E-state index is 11.6. The molecule has 0 heterocycles. The Balaban J connectivity index is 4.08. The number of hydrogen-bond donors (Lipinski definition) is 1. The highest BCUT2D eigenvalue weighted by Gasteiger charge is 2.16. The van der Waals surface area contributed by atoms with E-state index >= 15 is 0 Å². The summed E-state index contributed by atoms with van der Waals surface area (Å²) in [6, 6.07) is 0. The third kappa shape index (κ3) is 10.3. The number of carbonyl (C=O) groups is 4. The Bertz CT molecular complexity index is 333. The second-order valence-corrected chi connectivity index (χ2v) is 5.00. The summed E-state index contributed by atoms with van der Waals surface area (Å²) in [5.41, 5.74) is 5.15. The number of nitrogens with two attached hydrogens (primary N) is 1. The van der Waals surface area contributed by atoms with Crippen LogP contribution in [0, 0.1) is 5.92 Å². The molecular formula is C14H23NO4. The first-order chi connectivity index (χ1) is 8.85. The van der Waals surface area contributed by atoms with Gasteiger partial charge in [0.1, 0.15) is 23.1 Å². The molecular weight excluding hydrogens is 246 g/mol. The SMILES string of the molecule is CC(=O)CC(CCC(=O)CCC(=O)CN)CC(C)=O. The van der Waals surface area contributed by atoms with Gasteiger partial charge in [-0.1, -0.05) is 0 Å². The molecule has 0 aliphatic heterocycles. The van der Waals surface area contributed by atoms with Gasteiger partial charge in [-0.2, -0.15) is 0 Å². The van der Waals surface area contributed by atoms with Gasteiger partial charge < -0.3 is 15.3 Å². The molecule has 0 rings (SSSR count). The van der Waals surface area contributed by atoms with E-state index < -0.39 is 0 Å². The van der Waals surface area contributed by atoms with Crippen LogP contribution in [0.1, 0.15) is 52.4 Å². The number of hydrogen-bond acceptors (Lipinski definition) is 5. The van der Waals surface area contributed by atoms with Gasteiger partial charge in [0.05, 0.1) is 6.54 Å². The lowest BCUT2D eigenvalue weighted by atomic mass is 9.91. The summed E-state index contributed by atoms with van der Waals surface area (Å²) in [4.78, 5) is 44.7. The molecule has 0 aliphatic rings. The standard InChI is InChI=1S/C14H23NO4/c1-10(16)7-12(8-11(2)17)3-4-13(18)5-6-14(19)9-15/h12H,3-9,15H2,1-2H3. The van der Waals surface area contributed by atoms with Gasteiger partial charge in [-0.05, 0) is 26.2 Å². The van der Waals surface area contributed by atoms with Crippen molar-refractivity contribution in [2.75, 3.05) is 6.54 Å². The van der Waals surface area contributed by atoms with Crippen molar-refractivity contribution in [2.45, 2.75) is 52.4 Å². The van der Waals surface area contributed by atoms with Crippen LogP contribution in [0.4, 0.5) is 0 Å². The van der Waals surface area contributed by atoms with Crippen molar-refractivity contribution in [3.63, 3.8) is 0 Å². The molecule has 0 saturated carbocycles. The maximum Gasteiger partial charge on any atom is 0.146 e. The van der Waals surface area contributed by atoms with E-state index in [1.165, 1.54) is 13.8 Å². The van der Waals surface area contributed by atoms with Crippen molar-refractivity contribution in [2.24, 2.45) is 11.7 Å². The van der Waals surface area contributed by atoms with Crippen LogP contribution in [0.2, 0.25) is 0 Å². The molecule has 0 bridgehead atoms. The van der Waals surface area contributed by atoms with Crippen LogP contribution in [0.3, 0.4) is 0 Å². The van der Waals surface area contributed by atoms with Gasteiger partial charge in [-0.3, -0.25) is 9.59 Å². The molecule has 0 aromatic carbocycles. The molecule has 0 atom stereocenters. The summed E-state index contributed by atoms with van der Waals surface area (Å²) in [6.07, 6.45) is 1.86. The molecule has 0 radical (unpaired) electrons. The average molecular weight is 269 g/mol. The predicted molar refractivity (Wildman–Crippen MR) is 71.6 cm³/mol. The third-order valence-corrected chi connectivity index (χ3v) is 2.89. The Morgan fingerprint density at radius 1 is 0.842 bits per heavy atom. The Hall–Kier alpha value is -1.36. The molecule has 5 heteroatoms. The van der Waals surface area contributed by atoms with Crippen molar-refractivity contribution in [3.8, 4) is 0 Å². The van der Waals surface area contributed by atoms with Crippen LogP contribution in [-0.2, 0) is 19.2 Å². The van der Waals surface area contributed by atoms with E-state index in [0.717, 1.165) is 0 Å². The van der Waals surface area contributed by atoms with E-state index in [2.05, 4.69) is 0 Å². The van der Waals surface area contributed by atoms with Gasteiger partial charge in [0.15, 0.2) is 0 Å². The third-order valence-electron chi connectivity index (χ3n) is 2.89. The van der Waals surface area contributed by atoms with Crippen LogP contribution in [-0.4, -0.2) is 29.7 Å². The molecule has 108 valence electrons. The molecule has 0 amide bonds. The van der Waals surface area contributed by atoms with Crippen molar-refractivity contribution < 1.29 is 19.2 Å². The van der Waals surface area contributed by atoms with Crippen LogP contribution < -0.4 is 5.73 Å². The number of rotatable bonds is 11. The quantitative estimate of drug-likeness (QED) is 0.608. The first-order valence-electron chi connectivity index (χ1n) is 6.57. The molecule has 0 aliphatic carbocycles. The minimum atomic E-state index is -0.127. The summed E-state index contributed by atoms with van der Waals surface area (Å²) < 4.78 is 0. The topological polar surface area (TPSA) is 94.3 Å². The highest BCUT2D eigenvalue weighted by Crippen LogP contribution is 2.17. The van der Waals surface area contributed by atoms with E-state index in [1.54, 1.807) is 0 Å². The monoisotopic (exact) mass is 269 g/mol. The van der Waals surface area contributed by atoms with Crippen LogP contribution >= 0.6 is 0 Å². The summed E-state index contributed by atoms with van der Waals surface area (Å²) in [5, 5.41) is 0. The Morgan fingerprint density at radius 2 is 1.32 bits per heavy atom. The summed E-state index contributed by atoms with van der Waals surface area (Å²) in [6.45, 7) is 2.92. The number of ketones is 4. The molecule has 0 unspecified atom stereocenters. The molecule has 0 spiro atoms. The molecule has 19 heavy (non-hydrogen) atoms. The summed E-state index contributed by atoms with van der Waals surface area (Å²) in [7, 11) is 0. The first kappa shape index (κ1) is 17.6. The Labute approximate surface area is 113 Å². The van der Waals surface area contributed by atoms with Gasteiger partial charge >= 0.3 is 0 Å². The van der Waals surface area contributed by atoms with Crippen LogP contribution in [0.15, 0.2) is 0 Å². The lowest BCUT2D eigenvalue weighted by Crippen LogP contribution is -2.15. The zero-order chi connectivity index (χ0) is 14.8. The molecule has 0 saturated heterocycles. The van der Waals surface area contributed by atoms with Crippen molar-refractivity contribution in [1.29, 1.82) is 0 Å². The molecule has 5 nitrogen and oxygen atoms in total. The first-order valence-corrected chi connectivity index (χ1v) is 6.57. The van der Waals surface area contributed by atoms with Gasteiger partial charge in [0, 0.05) is 32.1 Å². The van der Waals surface area contributed by atoms with E-state index in [4.69, 9.17) is 5.73 Å². The zero-order valence-electron chi connectivity index (χ0n) is 11.7. The van der Waals surface area contributed by atoms with Gasteiger partial charge in [0.25, 0.3) is 0 Å². The lowest BCUT2D eigenvalue weighted by Gasteiger charge is -2.13. The fourth-order valence-corrected chi connectivity index (χ4v) is 1.96. The maximum absolute atomic E-state index is 11.6. The molecule has 0 aromatic rings. The number of carbonyl (C=O) groups excluding carboxylic acids is 4. The van der Waals surface area contributed by atoms with Gasteiger partial charge in [0.2, 0.25) is 0 Å².